The first-order valence-corrected chi connectivity index (χ1v) is 9.25. The Morgan fingerprint density at radius 3 is 2.86 bits per heavy atom. The van der Waals surface area contributed by atoms with Gasteiger partial charge in [0.25, 0.3) is 0 Å². The van der Waals surface area contributed by atoms with Crippen molar-refractivity contribution < 1.29 is 0 Å². The fourth-order valence-corrected chi connectivity index (χ4v) is 3.10. The Kier molecular flexibility index (Phi) is 5.85. The fraction of sp³-hybridized carbons (Fsp3) is 0.273. The molecule has 2 heterocycles. The van der Waals surface area contributed by atoms with Crippen LogP contribution in [0.2, 0.25) is 0 Å². The lowest BCUT2D eigenvalue weighted by atomic mass is 9.98. The summed E-state index contributed by atoms with van der Waals surface area (Å²) >= 11 is 0. The zero-order chi connectivity index (χ0) is 20.1. The Morgan fingerprint density at radius 2 is 2.18 bits per heavy atom. The molecule has 3 N–H and O–H groups in total. The van der Waals surface area contributed by atoms with Crippen molar-refractivity contribution in [1.29, 1.82) is 10.7 Å². The number of aromatic nitrogens is 2. The maximum atomic E-state index is 9.58. The average molecular weight is 372 g/mol. The first-order valence-electron chi connectivity index (χ1n) is 9.25. The van der Waals surface area contributed by atoms with Gasteiger partial charge >= 0.3 is 0 Å². The van der Waals surface area contributed by atoms with Crippen LogP contribution in [0, 0.1) is 22.7 Å². The van der Waals surface area contributed by atoms with Crippen molar-refractivity contribution in [1.82, 2.24) is 9.97 Å². The van der Waals surface area contributed by atoms with Crippen molar-refractivity contribution >= 4 is 29.1 Å². The van der Waals surface area contributed by atoms with Crippen LogP contribution in [0.1, 0.15) is 30.9 Å². The summed E-state index contributed by atoms with van der Waals surface area (Å²) in [4.78, 5) is 11.7. The largest absolute Gasteiger partial charge is 0.384 e. The number of hydrogen-bond donors (Lipinski definition) is 3. The quantitative estimate of drug-likeness (QED) is 0.528. The Hall–Kier alpha value is -3.46. The van der Waals surface area contributed by atoms with Crippen LogP contribution >= 0.6 is 0 Å². The minimum Gasteiger partial charge on any atom is -0.384 e. The van der Waals surface area contributed by atoms with Crippen LogP contribution in [0.25, 0.3) is 22.2 Å². The van der Waals surface area contributed by atoms with Gasteiger partial charge in [-0.1, -0.05) is 19.9 Å². The third-order valence-corrected chi connectivity index (χ3v) is 4.58. The van der Waals surface area contributed by atoms with Crippen molar-refractivity contribution in [3.8, 4) is 17.2 Å². The number of aromatic amines is 1. The minimum atomic E-state index is -0.207. The third kappa shape index (κ3) is 3.94. The van der Waals surface area contributed by atoms with E-state index in [0.717, 1.165) is 40.0 Å². The Bertz CT molecular complexity index is 1050. The first-order chi connectivity index (χ1) is 13.6. The number of nitriles is 1. The predicted octanol–water partition coefficient (Wildman–Crippen LogP) is 4.60. The van der Waals surface area contributed by atoms with Crippen molar-refractivity contribution in [2.24, 2.45) is 10.9 Å². The van der Waals surface area contributed by atoms with Crippen LogP contribution in [0.5, 0.6) is 0 Å². The van der Waals surface area contributed by atoms with Gasteiger partial charge in [-0.05, 0) is 35.2 Å². The summed E-state index contributed by atoms with van der Waals surface area (Å²) in [6.45, 7) is 5.09. The van der Waals surface area contributed by atoms with Gasteiger partial charge in [0, 0.05) is 49.4 Å². The molecule has 1 aromatic carbocycles. The smallest absolute Gasteiger partial charge is 0.137 e. The molecular weight excluding hydrogens is 348 g/mol. The molecule has 6 nitrogen and oxygen atoms in total. The summed E-state index contributed by atoms with van der Waals surface area (Å²) in [6.07, 6.45) is 6.75. The van der Waals surface area contributed by atoms with E-state index < -0.39 is 0 Å². The summed E-state index contributed by atoms with van der Waals surface area (Å²) in [7, 11) is 1.70. The number of rotatable bonds is 7. The molecule has 3 rings (SSSR count). The summed E-state index contributed by atoms with van der Waals surface area (Å²) in [6, 6.07) is 10.2. The topological polar surface area (TPSA) is 101 Å². The zero-order valence-electron chi connectivity index (χ0n) is 16.3. The molecule has 0 amide bonds. The van der Waals surface area contributed by atoms with Crippen molar-refractivity contribution in [2.75, 3.05) is 18.9 Å². The Balaban J connectivity index is 2.03. The number of aliphatic imine (C=N–C) groups is 1. The Labute approximate surface area is 164 Å². The molecule has 1 atom stereocenters. The predicted molar refractivity (Wildman–Crippen MR) is 116 cm³/mol. The normalized spacial score (nSPS) is 12.4. The number of nitrogens with one attached hydrogen (secondary N) is 3. The molecule has 0 bridgehead atoms. The van der Waals surface area contributed by atoms with Gasteiger partial charge < -0.3 is 15.7 Å². The number of pyridine rings is 1. The van der Waals surface area contributed by atoms with Gasteiger partial charge in [-0.3, -0.25) is 4.99 Å². The van der Waals surface area contributed by atoms with Gasteiger partial charge in [-0.25, -0.2) is 4.98 Å². The van der Waals surface area contributed by atoms with E-state index in [2.05, 4.69) is 40.2 Å². The van der Waals surface area contributed by atoms with Crippen molar-refractivity contribution in [3.05, 3.63) is 47.8 Å². The highest BCUT2D eigenvalue weighted by molar-refractivity contribution is 5.96. The molecule has 3 aromatic rings. The van der Waals surface area contributed by atoms with E-state index in [4.69, 9.17) is 5.41 Å². The zero-order valence-corrected chi connectivity index (χ0v) is 16.3. The molecule has 0 spiro atoms. The monoisotopic (exact) mass is 372 g/mol. The summed E-state index contributed by atoms with van der Waals surface area (Å²) in [5.74, 6) is 0.291. The number of benzene rings is 1. The van der Waals surface area contributed by atoms with Gasteiger partial charge in [-0.2, -0.15) is 5.26 Å². The summed E-state index contributed by atoms with van der Waals surface area (Å²) in [5, 5.41) is 21.5. The summed E-state index contributed by atoms with van der Waals surface area (Å²) < 4.78 is 0. The molecule has 6 heteroatoms. The van der Waals surface area contributed by atoms with Crippen LogP contribution in [0.3, 0.4) is 0 Å². The van der Waals surface area contributed by atoms with Gasteiger partial charge in [0.05, 0.1) is 17.2 Å². The van der Waals surface area contributed by atoms with E-state index >= 15 is 0 Å². The maximum absolute atomic E-state index is 9.58. The lowest BCUT2D eigenvalue weighted by Crippen LogP contribution is -2.09. The molecule has 0 radical (unpaired) electrons. The van der Waals surface area contributed by atoms with Gasteiger partial charge in [0.1, 0.15) is 11.7 Å². The second kappa shape index (κ2) is 8.49. The standard InChI is InChI=1S/C22H24N6/c1-14(2)10-26-21-5-4-15(6-16(21)8-23)20-13-28-22-19(20)7-17(12-27-22)18(9-24)11-25-3/h4-7,9,11-14,18,24,26H,10H2,1-3H3,(H,27,28). The minimum absolute atomic E-state index is 0.207. The van der Waals surface area contributed by atoms with Crippen LogP contribution < -0.4 is 5.32 Å². The molecule has 0 saturated carbocycles. The summed E-state index contributed by atoms with van der Waals surface area (Å²) in [5.41, 5.74) is 5.08. The third-order valence-electron chi connectivity index (χ3n) is 4.58. The van der Waals surface area contributed by atoms with E-state index in [9.17, 15) is 5.26 Å². The van der Waals surface area contributed by atoms with Crippen LogP contribution in [-0.4, -0.2) is 36.0 Å². The average Bonchev–Trinajstić information content (AvgIpc) is 3.13. The molecular formula is C22H24N6. The van der Waals surface area contributed by atoms with Crippen molar-refractivity contribution in [2.45, 2.75) is 19.8 Å². The highest BCUT2D eigenvalue weighted by Gasteiger charge is 2.13. The second-order valence-corrected chi connectivity index (χ2v) is 7.11. The molecule has 0 aliphatic heterocycles. The number of fused-ring (bicyclic) bond motifs is 1. The maximum Gasteiger partial charge on any atom is 0.137 e. The van der Waals surface area contributed by atoms with E-state index in [1.807, 2.05) is 30.5 Å². The van der Waals surface area contributed by atoms with Gasteiger partial charge in [-0.15, -0.1) is 0 Å². The number of nitrogens with zero attached hydrogens (tertiary/aromatic N) is 3. The SMILES string of the molecule is CN=CC(C=N)c1cnc2[nH]cc(-c3ccc(NCC(C)C)c(C#N)c3)c2c1. The highest BCUT2D eigenvalue weighted by Crippen LogP contribution is 2.31. The van der Waals surface area contributed by atoms with Crippen molar-refractivity contribution in [3.63, 3.8) is 0 Å². The van der Waals surface area contributed by atoms with Crippen LogP contribution in [0.15, 0.2) is 41.7 Å². The lowest BCUT2D eigenvalue weighted by molar-refractivity contribution is 0.689. The first kappa shape index (κ1) is 19.3. The van der Waals surface area contributed by atoms with E-state index in [1.54, 1.807) is 19.5 Å². The van der Waals surface area contributed by atoms with Crippen LogP contribution in [0.4, 0.5) is 5.69 Å². The molecule has 28 heavy (non-hydrogen) atoms. The van der Waals surface area contributed by atoms with Gasteiger partial charge in [0.15, 0.2) is 0 Å². The number of anilines is 1. The van der Waals surface area contributed by atoms with Gasteiger partial charge in [0.2, 0.25) is 0 Å². The van der Waals surface area contributed by atoms with E-state index in [0.29, 0.717) is 11.5 Å². The molecule has 0 aliphatic rings. The van der Waals surface area contributed by atoms with E-state index in [-0.39, 0.29) is 5.92 Å². The molecule has 1 unspecified atom stereocenters. The van der Waals surface area contributed by atoms with E-state index in [1.165, 1.54) is 6.21 Å². The molecule has 2 aromatic heterocycles. The molecule has 0 aliphatic carbocycles. The highest BCUT2D eigenvalue weighted by atomic mass is 14.9. The number of H-pyrrole nitrogens is 1. The second-order valence-electron chi connectivity index (χ2n) is 7.11. The van der Waals surface area contributed by atoms with Crippen LogP contribution in [-0.2, 0) is 0 Å². The molecule has 142 valence electrons. The molecule has 0 saturated heterocycles. The molecule has 0 fully saturated rings. The lowest BCUT2D eigenvalue weighted by Gasteiger charge is -2.12. The fourth-order valence-electron chi connectivity index (χ4n) is 3.10. The number of hydrogen-bond acceptors (Lipinski definition) is 5. The Morgan fingerprint density at radius 1 is 1.36 bits per heavy atom.